The highest BCUT2D eigenvalue weighted by molar-refractivity contribution is 6.08. The molecule has 0 amide bonds. The molecule has 0 spiro atoms. The van der Waals surface area contributed by atoms with Crippen LogP contribution in [0.4, 0.5) is 5.82 Å². The molecule has 3 aromatic rings. The second kappa shape index (κ2) is 5.00. The van der Waals surface area contributed by atoms with Crippen LogP contribution in [0.15, 0.2) is 24.5 Å². The number of aromatic nitrogens is 3. The number of nitrogens with one attached hydrogen (secondary N) is 2. The summed E-state index contributed by atoms with van der Waals surface area (Å²) in [7, 11) is 0. The van der Waals surface area contributed by atoms with E-state index in [-0.39, 0.29) is 0 Å². The molecule has 5 heteroatoms. The number of benzene rings is 1. The molecule has 1 aliphatic rings. The second-order valence-corrected chi connectivity index (χ2v) is 5.64. The molecule has 1 aliphatic heterocycles. The predicted molar refractivity (Wildman–Crippen MR) is 83.6 cm³/mol. The Morgan fingerprint density at radius 2 is 2.33 bits per heavy atom. The van der Waals surface area contributed by atoms with Gasteiger partial charge < -0.3 is 15.0 Å². The van der Waals surface area contributed by atoms with Crippen LogP contribution in [0.25, 0.3) is 21.9 Å². The maximum absolute atomic E-state index is 5.65. The summed E-state index contributed by atoms with van der Waals surface area (Å²) in [6, 6.07) is 6.35. The smallest absolute Gasteiger partial charge is 0.153 e. The molecule has 1 saturated heterocycles. The van der Waals surface area contributed by atoms with E-state index in [1.54, 1.807) is 6.33 Å². The Kier molecular flexibility index (Phi) is 3.00. The first-order valence-corrected chi connectivity index (χ1v) is 7.40. The number of rotatable bonds is 3. The van der Waals surface area contributed by atoms with E-state index in [9.17, 15) is 0 Å². The average molecular weight is 282 g/mol. The number of hydrogen-bond donors (Lipinski definition) is 2. The Bertz CT molecular complexity index is 789. The van der Waals surface area contributed by atoms with Crippen molar-refractivity contribution in [2.75, 3.05) is 18.5 Å². The van der Waals surface area contributed by atoms with Gasteiger partial charge >= 0.3 is 0 Å². The van der Waals surface area contributed by atoms with Gasteiger partial charge in [-0.1, -0.05) is 11.6 Å². The third-order valence-corrected chi connectivity index (χ3v) is 4.06. The molecule has 5 nitrogen and oxygen atoms in total. The van der Waals surface area contributed by atoms with Crippen LogP contribution in [0.2, 0.25) is 0 Å². The number of anilines is 1. The van der Waals surface area contributed by atoms with Crippen LogP contribution in [-0.4, -0.2) is 34.2 Å². The van der Waals surface area contributed by atoms with Crippen molar-refractivity contribution in [1.29, 1.82) is 0 Å². The maximum Gasteiger partial charge on any atom is 0.153 e. The fourth-order valence-electron chi connectivity index (χ4n) is 2.96. The molecule has 0 saturated carbocycles. The Morgan fingerprint density at radius 1 is 1.38 bits per heavy atom. The Balaban J connectivity index is 1.73. The quantitative estimate of drug-likeness (QED) is 0.775. The first-order valence-electron chi connectivity index (χ1n) is 7.40. The van der Waals surface area contributed by atoms with E-state index in [0.29, 0.717) is 6.10 Å². The average Bonchev–Trinajstić information content (AvgIpc) is 3.12. The number of ether oxygens (including phenoxy) is 1. The van der Waals surface area contributed by atoms with Crippen LogP contribution in [0.3, 0.4) is 0 Å². The van der Waals surface area contributed by atoms with E-state index in [1.807, 2.05) is 0 Å². The minimum atomic E-state index is 0.293. The minimum absolute atomic E-state index is 0.293. The van der Waals surface area contributed by atoms with Crippen LogP contribution in [0, 0.1) is 6.92 Å². The van der Waals surface area contributed by atoms with Crippen LogP contribution < -0.4 is 5.32 Å². The molecule has 1 atom stereocenters. The van der Waals surface area contributed by atoms with Gasteiger partial charge in [0.25, 0.3) is 0 Å². The van der Waals surface area contributed by atoms with Gasteiger partial charge in [-0.15, -0.1) is 0 Å². The molecule has 1 unspecified atom stereocenters. The summed E-state index contributed by atoms with van der Waals surface area (Å²) in [4.78, 5) is 12.2. The van der Waals surface area contributed by atoms with Crippen molar-refractivity contribution < 1.29 is 4.74 Å². The van der Waals surface area contributed by atoms with Gasteiger partial charge in [-0.05, 0) is 31.9 Å². The van der Waals surface area contributed by atoms with Crippen molar-refractivity contribution in [3.05, 3.63) is 30.1 Å². The molecule has 1 fully saturated rings. The molecule has 21 heavy (non-hydrogen) atoms. The van der Waals surface area contributed by atoms with Gasteiger partial charge in [0.05, 0.1) is 6.10 Å². The number of aromatic amines is 1. The molecule has 4 rings (SSSR count). The molecule has 2 aromatic heterocycles. The zero-order valence-electron chi connectivity index (χ0n) is 12.0. The van der Waals surface area contributed by atoms with Crippen LogP contribution in [-0.2, 0) is 4.74 Å². The van der Waals surface area contributed by atoms with Crippen LogP contribution in [0.5, 0.6) is 0 Å². The van der Waals surface area contributed by atoms with Gasteiger partial charge in [0.2, 0.25) is 0 Å². The van der Waals surface area contributed by atoms with Crippen molar-refractivity contribution >= 4 is 27.8 Å². The number of nitrogens with zero attached hydrogens (tertiary/aromatic N) is 2. The fraction of sp³-hybridized carbons (Fsp3) is 0.375. The third-order valence-electron chi connectivity index (χ3n) is 4.06. The summed E-state index contributed by atoms with van der Waals surface area (Å²) in [5.74, 6) is 0.851. The fourth-order valence-corrected chi connectivity index (χ4v) is 2.96. The molecular formula is C16H18N4O. The number of aryl methyl sites for hydroxylation is 1. The van der Waals surface area contributed by atoms with E-state index in [4.69, 9.17) is 4.74 Å². The molecule has 0 radical (unpaired) electrons. The van der Waals surface area contributed by atoms with Crippen molar-refractivity contribution in [3.8, 4) is 0 Å². The van der Waals surface area contributed by atoms with Gasteiger partial charge in [-0.3, -0.25) is 0 Å². The van der Waals surface area contributed by atoms with Crippen LogP contribution >= 0.6 is 0 Å². The van der Waals surface area contributed by atoms with E-state index in [0.717, 1.165) is 53.7 Å². The van der Waals surface area contributed by atoms with Gasteiger partial charge in [0, 0.05) is 24.1 Å². The number of fused-ring (bicyclic) bond motifs is 3. The zero-order valence-corrected chi connectivity index (χ0v) is 12.0. The summed E-state index contributed by atoms with van der Waals surface area (Å²) in [6.45, 7) is 3.76. The molecule has 0 aliphatic carbocycles. The Hall–Kier alpha value is -2.14. The molecule has 0 bridgehead atoms. The number of hydrogen-bond acceptors (Lipinski definition) is 4. The van der Waals surface area contributed by atoms with Crippen molar-refractivity contribution in [2.24, 2.45) is 0 Å². The lowest BCUT2D eigenvalue weighted by atomic mass is 10.1. The summed E-state index contributed by atoms with van der Waals surface area (Å²) < 4.78 is 5.65. The predicted octanol–water partition coefficient (Wildman–Crippen LogP) is 3.01. The normalized spacial score (nSPS) is 18.6. The highest BCUT2D eigenvalue weighted by Crippen LogP contribution is 2.28. The lowest BCUT2D eigenvalue weighted by Gasteiger charge is -2.11. The van der Waals surface area contributed by atoms with Crippen LogP contribution in [0.1, 0.15) is 18.4 Å². The highest BCUT2D eigenvalue weighted by Gasteiger charge is 2.16. The molecule has 2 N–H and O–H groups in total. The molecular weight excluding hydrogens is 264 g/mol. The summed E-state index contributed by atoms with van der Waals surface area (Å²) in [6.07, 6.45) is 4.18. The lowest BCUT2D eigenvalue weighted by molar-refractivity contribution is 0.120. The Morgan fingerprint density at radius 3 is 3.19 bits per heavy atom. The number of H-pyrrole nitrogens is 1. The monoisotopic (exact) mass is 282 g/mol. The van der Waals surface area contributed by atoms with Gasteiger partial charge in [0.1, 0.15) is 17.4 Å². The van der Waals surface area contributed by atoms with Crippen molar-refractivity contribution in [1.82, 2.24) is 15.0 Å². The van der Waals surface area contributed by atoms with Gasteiger partial charge in [-0.25, -0.2) is 9.97 Å². The minimum Gasteiger partial charge on any atom is -0.376 e. The van der Waals surface area contributed by atoms with Gasteiger partial charge in [0.15, 0.2) is 5.82 Å². The third kappa shape index (κ3) is 2.23. The summed E-state index contributed by atoms with van der Waals surface area (Å²) >= 11 is 0. The van der Waals surface area contributed by atoms with Crippen molar-refractivity contribution in [2.45, 2.75) is 25.9 Å². The van der Waals surface area contributed by atoms with E-state index < -0.39 is 0 Å². The summed E-state index contributed by atoms with van der Waals surface area (Å²) in [5.41, 5.74) is 4.27. The maximum atomic E-state index is 5.65. The molecule has 108 valence electrons. The summed E-state index contributed by atoms with van der Waals surface area (Å²) in [5, 5.41) is 4.54. The standard InChI is InChI=1S/C16H18N4O/c1-10-4-5-13-12(7-10)14-15(20-13)16(19-9-18-14)17-8-11-3-2-6-21-11/h4-5,7,9,11,20H,2-3,6,8H2,1H3,(H,17,18,19). The van der Waals surface area contributed by atoms with E-state index in [1.165, 1.54) is 5.56 Å². The first kappa shape index (κ1) is 12.6. The Labute approximate surface area is 122 Å². The lowest BCUT2D eigenvalue weighted by Crippen LogP contribution is -2.19. The SMILES string of the molecule is Cc1ccc2[nH]c3c(NCC4CCCO4)ncnc3c2c1. The molecule has 3 heterocycles. The largest absolute Gasteiger partial charge is 0.376 e. The van der Waals surface area contributed by atoms with E-state index in [2.05, 4.69) is 45.4 Å². The highest BCUT2D eigenvalue weighted by atomic mass is 16.5. The van der Waals surface area contributed by atoms with E-state index >= 15 is 0 Å². The topological polar surface area (TPSA) is 62.8 Å². The zero-order chi connectivity index (χ0) is 14.2. The first-order chi connectivity index (χ1) is 10.3. The van der Waals surface area contributed by atoms with Gasteiger partial charge in [-0.2, -0.15) is 0 Å². The second-order valence-electron chi connectivity index (χ2n) is 5.64. The van der Waals surface area contributed by atoms with Crippen molar-refractivity contribution in [3.63, 3.8) is 0 Å². The molecule has 1 aromatic carbocycles.